The first-order chi connectivity index (χ1) is 6.56. The highest BCUT2D eigenvalue weighted by Crippen LogP contribution is 2.19. The zero-order valence-electron chi connectivity index (χ0n) is 7.37. The highest BCUT2D eigenvalue weighted by atomic mass is 79.9. The highest BCUT2D eigenvalue weighted by Gasteiger charge is 2.16. The molecule has 0 saturated carbocycles. The van der Waals surface area contributed by atoms with E-state index >= 15 is 0 Å². The van der Waals surface area contributed by atoms with Gasteiger partial charge in [0.15, 0.2) is 0 Å². The summed E-state index contributed by atoms with van der Waals surface area (Å²) in [5.41, 5.74) is 0.172. The molecule has 0 saturated heterocycles. The van der Waals surface area contributed by atoms with Crippen molar-refractivity contribution in [3.05, 3.63) is 27.5 Å². The Bertz CT molecular complexity index is 359. The minimum absolute atomic E-state index is 0.0747. The third-order valence-electron chi connectivity index (χ3n) is 1.57. The Labute approximate surface area is 94.6 Å². The molecule has 76 valence electrons. The number of amides is 1. The fourth-order valence-electron chi connectivity index (χ4n) is 0.855. The van der Waals surface area contributed by atoms with Gasteiger partial charge in [0.05, 0.1) is 5.56 Å². The van der Waals surface area contributed by atoms with Crippen molar-refractivity contribution in [1.82, 2.24) is 10.0 Å². The van der Waals surface area contributed by atoms with Crippen LogP contribution in [0.5, 0.6) is 0 Å². The Morgan fingerprint density at radius 1 is 1.79 bits per heavy atom. The first-order valence-corrected chi connectivity index (χ1v) is 5.05. The first-order valence-electron chi connectivity index (χ1n) is 3.88. The van der Waals surface area contributed by atoms with Gasteiger partial charge in [-0.25, -0.2) is 10.0 Å². The van der Waals surface area contributed by atoms with Crippen molar-refractivity contribution >= 4 is 33.4 Å². The molecular weight excluding hydrogens is 271 g/mol. The number of aromatic nitrogens is 1. The molecule has 1 N–H and O–H groups in total. The van der Waals surface area contributed by atoms with Crippen molar-refractivity contribution in [2.24, 2.45) is 0 Å². The van der Waals surface area contributed by atoms with Crippen molar-refractivity contribution in [3.63, 3.8) is 0 Å². The van der Waals surface area contributed by atoms with Crippen LogP contribution in [0.1, 0.15) is 17.3 Å². The van der Waals surface area contributed by atoms with Crippen LogP contribution >= 0.6 is 27.5 Å². The number of hydrogen-bond donors (Lipinski definition) is 1. The maximum Gasteiger partial charge on any atom is 0.280 e. The van der Waals surface area contributed by atoms with Gasteiger partial charge in [-0.15, -0.1) is 0 Å². The number of nitrogens with zero attached hydrogens (tertiary/aromatic N) is 2. The van der Waals surface area contributed by atoms with Crippen LogP contribution in [0.4, 0.5) is 0 Å². The number of hydrogen-bond acceptors (Lipinski definition) is 3. The summed E-state index contributed by atoms with van der Waals surface area (Å²) in [7, 11) is 0. The number of hydroxylamine groups is 2. The molecule has 0 fully saturated rings. The van der Waals surface area contributed by atoms with Gasteiger partial charge >= 0.3 is 0 Å². The van der Waals surface area contributed by atoms with E-state index in [0.29, 0.717) is 9.54 Å². The number of carbonyl (C=O) groups is 1. The molecule has 0 aliphatic heterocycles. The minimum atomic E-state index is -0.564. The van der Waals surface area contributed by atoms with Crippen LogP contribution in [0.25, 0.3) is 0 Å². The lowest BCUT2D eigenvalue weighted by Crippen LogP contribution is -2.27. The highest BCUT2D eigenvalue weighted by molar-refractivity contribution is 9.10. The summed E-state index contributed by atoms with van der Waals surface area (Å²) >= 11 is 8.86. The van der Waals surface area contributed by atoms with E-state index in [9.17, 15) is 10.0 Å². The van der Waals surface area contributed by atoms with Crippen molar-refractivity contribution in [2.75, 3.05) is 6.54 Å². The number of pyridine rings is 1. The Morgan fingerprint density at radius 2 is 2.43 bits per heavy atom. The average molecular weight is 280 g/mol. The lowest BCUT2D eigenvalue weighted by Gasteiger charge is -2.12. The first kappa shape index (κ1) is 11.4. The second-order valence-corrected chi connectivity index (χ2v) is 3.79. The molecule has 1 rings (SSSR count). The predicted octanol–water partition coefficient (Wildman–Crippen LogP) is 2.35. The monoisotopic (exact) mass is 278 g/mol. The Kier molecular flexibility index (Phi) is 3.86. The molecule has 1 amide bonds. The van der Waals surface area contributed by atoms with Gasteiger partial charge in [-0.05, 0) is 28.9 Å². The van der Waals surface area contributed by atoms with Gasteiger partial charge in [0.2, 0.25) is 0 Å². The molecule has 0 spiro atoms. The summed E-state index contributed by atoms with van der Waals surface area (Å²) < 4.78 is 0.634. The topological polar surface area (TPSA) is 53.4 Å². The van der Waals surface area contributed by atoms with Gasteiger partial charge < -0.3 is 0 Å². The largest absolute Gasteiger partial charge is 0.286 e. The Hall–Kier alpha value is -0.650. The molecule has 1 aromatic rings. The van der Waals surface area contributed by atoms with E-state index in [1.807, 2.05) is 0 Å². The molecule has 4 nitrogen and oxygen atoms in total. The maximum atomic E-state index is 11.5. The van der Waals surface area contributed by atoms with Crippen LogP contribution in [0.3, 0.4) is 0 Å². The molecule has 0 aromatic carbocycles. The summed E-state index contributed by atoms with van der Waals surface area (Å²) in [6.07, 6.45) is 1.48. The second-order valence-electron chi connectivity index (χ2n) is 2.51. The summed E-state index contributed by atoms with van der Waals surface area (Å²) in [4.78, 5) is 15.3. The van der Waals surface area contributed by atoms with E-state index < -0.39 is 5.91 Å². The van der Waals surface area contributed by atoms with Crippen LogP contribution < -0.4 is 0 Å². The average Bonchev–Trinajstić information content (AvgIpc) is 2.19. The molecule has 0 atom stereocenters. The van der Waals surface area contributed by atoms with Gasteiger partial charge in [0.25, 0.3) is 5.91 Å². The van der Waals surface area contributed by atoms with E-state index in [2.05, 4.69) is 20.9 Å². The molecule has 0 aliphatic carbocycles. The molecule has 0 bridgehead atoms. The lowest BCUT2D eigenvalue weighted by atomic mass is 10.2. The van der Waals surface area contributed by atoms with Gasteiger partial charge in [-0.3, -0.25) is 10.0 Å². The minimum Gasteiger partial charge on any atom is -0.286 e. The van der Waals surface area contributed by atoms with Crippen molar-refractivity contribution in [1.29, 1.82) is 0 Å². The summed E-state index contributed by atoms with van der Waals surface area (Å²) in [5, 5.41) is 9.83. The van der Waals surface area contributed by atoms with Crippen LogP contribution in [-0.2, 0) is 0 Å². The van der Waals surface area contributed by atoms with E-state index in [1.165, 1.54) is 12.3 Å². The van der Waals surface area contributed by atoms with Gasteiger partial charge in [0.1, 0.15) is 5.15 Å². The number of rotatable bonds is 2. The molecule has 0 radical (unpaired) electrons. The zero-order chi connectivity index (χ0) is 10.7. The van der Waals surface area contributed by atoms with E-state index in [-0.39, 0.29) is 17.3 Å². The summed E-state index contributed by atoms with van der Waals surface area (Å²) in [6, 6.07) is 1.51. The number of halogens is 2. The number of carbonyl (C=O) groups excluding carboxylic acids is 1. The van der Waals surface area contributed by atoms with Crippen LogP contribution in [0.2, 0.25) is 5.15 Å². The zero-order valence-corrected chi connectivity index (χ0v) is 9.71. The Morgan fingerprint density at radius 3 is 3.00 bits per heavy atom. The fraction of sp³-hybridized carbons (Fsp3) is 0.250. The quantitative estimate of drug-likeness (QED) is 0.513. The fourth-order valence-corrected chi connectivity index (χ4v) is 1.37. The molecular formula is C8H8BrClN2O2. The molecule has 0 aliphatic rings. The third kappa shape index (κ3) is 2.43. The van der Waals surface area contributed by atoms with E-state index in [4.69, 9.17) is 11.6 Å². The predicted molar refractivity (Wildman–Crippen MR) is 55.4 cm³/mol. The normalized spacial score (nSPS) is 10.0. The van der Waals surface area contributed by atoms with E-state index in [0.717, 1.165) is 0 Å². The SMILES string of the molecule is CCN(O)C(=O)c1cc(Br)cnc1Cl. The summed E-state index contributed by atoms with van der Waals surface area (Å²) in [6.45, 7) is 1.85. The molecule has 1 heterocycles. The van der Waals surface area contributed by atoms with Crippen LogP contribution in [-0.4, -0.2) is 27.7 Å². The van der Waals surface area contributed by atoms with Crippen molar-refractivity contribution < 1.29 is 10.0 Å². The van der Waals surface area contributed by atoms with Crippen molar-refractivity contribution in [2.45, 2.75) is 6.92 Å². The third-order valence-corrected chi connectivity index (χ3v) is 2.30. The molecule has 0 unspecified atom stereocenters. The second kappa shape index (κ2) is 4.72. The van der Waals surface area contributed by atoms with Gasteiger partial charge in [0, 0.05) is 17.2 Å². The van der Waals surface area contributed by atoms with Crippen molar-refractivity contribution in [3.8, 4) is 0 Å². The molecule has 14 heavy (non-hydrogen) atoms. The summed E-state index contributed by atoms with van der Waals surface area (Å²) in [5.74, 6) is -0.564. The molecule has 6 heteroatoms. The van der Waals surface area contributed by atoms with Crippen LogP contribution in [0.15, 0.2) is 16.7 Å². The van der Waals surface area contributed by atoms with Gasteiger partial charge in [-0.2, -0.15) is 0 Å². The van der Waals surface area contributed by atoms with Crippen LogP contribution in [0, 0.1) is 0 Å². The van der Waals surface area contributed by atoms with Gasteiger partial charge in [-0.1, -0.05) is 11.6 Å². The lowest BCUT2D eigenvalue weighted by molar-refractivity contribution is -0.0541. The maximum absolute atomic E-state index is 11.5. The molecule has 1 aromatic heterocycles. The van der Waals surface area contributed by atoms with E-state index in [1.54, 1.807) is 6.92 Å². The Balaban J connectivity index is 3.06. The standard InChI is InChI=1S/C8H8BrClN2O2/c1-2-12(14)8(13)6-3-5(9)4-11-7(6)10/h3-4,14H,2H2,1H3. The smallest absolute Gasteiger partial charge is 0.280 e.